The van der Waals surface area contributed by atoms with Crippen molar-refractivity contribution in [2.75, 3.05) is 26.3 Å². The molecule has 1 aromatic rings. The Balaban J connectivity index is 2.34. The second kappa shape index (κ2) is 9.28. The average molecular weight is 269 g/mol. The SMILES string of the molecule is C=CCOC[C@H](O)CN(CCC)Cc1ccsc1. The van der Waals surface area contributed by atoms with Gasteiger partial charge in [-0.3, -0.25) is 4.90 Å². The number of ether oxygens (including phenoxy) is 1. The summed E-state index contributed by atoms with van der Waals surface area (Å²) in [5.74, 6) is 0. The maximum atomic E-state index is 9.90. The molecular weight excluding hydrogens is 246 g/mol. The Morgan fingerprint density at radius 2 is 2.44 bits per heavy atom. The molecule has 0 amide bonds. The first-order valence-corrected chi connectivity index (χ1v) is 7.30. The normalized spacial score (nSPS) is 12.8. The molecule has 1 atom stereocenters. The smallest absolute Gasteiger partial charge is 0.0900 e. The highest BCUT2D eigenvalue weighted by Gasteiger charge is 2.11. The van der Waals surface area contributed by atoms with Gasteiger partial charge in [-0.25, -0.2) is 0 Å². The molecule has 0 saturated carbocycles. The van der Waals surface area contributed by atoms with Gasteiger partial charge in [0, 0.05) is 13.1 Å². The molecule has 0 saturated heterocycles. The van der Waals surface area contributed by atoms with Crippen LogP contribution in [-0.4, -0.2) is 42.4 Å². The molecule has 18 heavy (non-hydrogen) atoms. The summed E-state index contributed by atoms with van der Waals surface area (Å²) >= 11 is 1.71. The Morgan fingerprint density at radius 3 is 3.06 bits per heavy atom. The lowest BCUT2D eigenvalue weighted by Gasteiger charge is -2.24. The van der Waals surface area contributed by atoms with Crippen LogP contribution in [-0.2, 0) is 11.3 Å². The van der Waals surface area contributed by atoms with Gasteiger partial charge in [-0.2, -0.15) is 11.3 Å². The van der Waals surface area contributed by atoms with Crippen LogP contribution in [0.15, 0.2) is 29.5 Å². The molecule has 1 aromatic heterocycles. The third-order valence-corrected chi connectivity index (χ3v) is 3.27. The average Bonchev–Trinajstić information content (AvgIpc) is 2.82. The van der Waals surface area contributed by atoms with Crippen molar-refractivity contribution < 1.29 is 9.84 Å². The van der Waals surface area contributed by atoms with Gasteiger partial charge < -0.3 is 9.84 Å². The Hall–Kier alpha value is -0.680. The molecule has 3 nitrogen and oxygen atoms in total. The fraction of sp³-hybridized carbons (Fsp3) is 0.571. The van der Waals surface area contributed by atoms with Gasteiger partial charge in [-0.1, -0.05) is 13.0 Å². The van der Waals surface area contributed by atoms with Crippen LogP contribution < -0.4 is 0 Å². The first kappa shape index (κ1) is 15.4. The predicted molar refractivity (Wildman–Crippen MR) is 76.9 cm³/mol. The summed E-state index contributed by atoms with van der Waals surface area (Å²) in [7, 11) is 0. The van der Waals surface area contributed by atoms with Crippen molar-refractivity contribution in [3.63, 3.8) is 0 Å². The number of thiophene rings is 1. The van der Waals surface area contributed by atoms with Gasteiger partial charge in [-0.15, -0.1) is 6.58 Å². The van der Waals surface area contributed by atoms with Crippen molar-refractivity contribution in [2.45, 2.75) is 26.0 Å². The molecule has 0 aliphatic carbocycles. The molecule has 0 spiro atoms. The van der Waals surface area contributed by atoms with Crippen molar-refractivity contribution in [3.8, 4) is 0 Å². The summed E-state index contributed by atoms with van der Waals surface area (Å²) in [6, 6.07) is 2.13. The highest BCUT2D eigenvalue weighted by atomic mass is 32.1. The summed E-state index contributed by atoms with van der Waals surface area (Å²) in [6.45, 7) is 9.15. The Kier molecular flexibility index (Phi) is 7.93. The van der Waals surface area contributed by atoms with E-state index >= 15 is 0 Å². The zero-order valence-corrected chi connectivity index (χ0v) is 11.9. The predicted octanol–water partition coefficient (Wildman–Crippen LogP) is 2.52. The van der Waals surface area contributed by atoms with Crippen LogP contribution in [0.1, 0.15) is 18.9 Å². The summed E-state index contributed by atoms with van der Waals surface area (Å²) in [5, 5.41) is 14.1. The van der Waals surface area contributed by atoms with Crippen LogP contribution in [0.2, 0.25) is 0 Å². The highest BCUT2D eigenvalue weighted by molar-refractivity contribution is 7.07. The van der Waals surface area contributed by atoms with E-state index in [2.05, 4.69) is 35.2 Å². The van der Waals surface area contributed by atoms with E-state index in [0.717, 1.165) is 19.5 Å². The molecule has 4 heteroatoms. The lowest BCUT2D eigenvalue weighted by molar-refractivity contribution is 0.0246. The second-order valence-corrected chi connectivity index (χ2v) is 5.13. The van der Waals surface area contributed by atoms with E-state index in [-0.39, 0.29) is 0 Å². The van der Waals surface area contributed by atoms with E-state index in [1.54, 1.807) is 17.4 Å². The lowest BCUT2D eigenvalue weighted by atomic mass is 10.2. The molecular formula is C14H23NO2S. The minimum Gasteiger partial charge on any atom is -0.389 e. The van der Waals surface area contributed by atoms with Gasteiger partial charge in [0.2, 0.25) is 0 Å². The van der Waals surface area contributed by atoms with Gasteiger partial charge in [-0.05, 0) is 35.4 Å². The lowest BCUT2D eigenvalue weighted by Crippen LogP contribution is -2.35. The molecule has 102 valence electrons. The van der Waals surface area contributed by atoms with Gasteiger partial charge >= 0.3 is 0 Å². The highest BCUT2D eigenvalue weighted by Crippen LogP contribution is 2.10. The maximum Gasteiger partial charge on any atom is 0.0900 e. The number of hydrogen-bond acceptors (Lipinski definition) is 4. The molecule has 0 fully saturated rings. The molecule has 1 rings (SSSR count). The van der Waals surface area contributed by atoms with Crippen LogP contribution in [0.25, 0.3) is 0 Å². The van der Waals surface area contributed by atoms with Crippen molar-refractivity contribution in [1.82, 2.24) is 4.90 Å². The van der Waals surface area contributed by atoms with Crippen LogP contribution in [0.4, 0.5) is 0 Å². The molecule has 0 aliphatic heterocycles. The first-order chi connectivity index (χ1) is 8.76. The van der Waals surface area contributed by atoms with Gasteiger partial charge in [0.15, 0.2) is 0 Å². The topological polar surface area (TPSA) is 32.7 Å². The van der Waals surface area contributed by atoms with Crippen LogP contribution >= 0.6 is 11.3 Å². The first-order valence-electron chi connectivity index (χ1n) is 6.36. The van der Waals surface area contributed by atoms with Crippen molar-refractivity contribution >= 4 is 11.3 Å². The summed E-state index contributed by atoms with van der Waals surface area (Å²) in [6.07, 6.45) is 2.35. The minimum absolute atomic E-state index is 0.371. The van der Waals surface area contributed by atoms with E-state index in [0.29, 0.717) is 19.8 Å². The maximum absolute atomic E-state index is 9.90. The Labute approximate surface area is 114 Å². The monoisotopic (exact) mass is 269 g/mol. The molecule has 0 bridgehead atoms. The van der Waals surface area contributed by atoms with E-state index < -0.39 is 6.10 Å². The Morgan fingerprint density at radius 1 is 1.61 bits per heavy atom. The molecule has 0 aromatic carbocycles. The third kappa shape index (κ3) is 6.31. The number of nitrogens with zero attached hydrogens (tertiary/aromatic N) is 1. The fourth-order valence-corrected chi connectivity index (χ4v) is 2.49. The van der Waals surface area contributed by atoms with E-state index in [9.17, 15) is 5.11 Å². The number of hydrogen-bond donors (Lipinski definition) is 1. The third-order valence-electron chi connectivity index (χ3n) is 2.54. The van der Waals surface area contributed by atoms with E-state index in [1.165, 1.54) is 5.56 Å². The molecule has 1 N–H and O–H groups in total. The largest absolute Gasteiger partial charge is 0.389 e. The number of aliphatic hydroxyl groups is 1. The minimum atomic E-state index is -0.435. The molecule has 0 radical (unpaired) electrons. The van der Waals surface area contributed by atoms with Gasteiger partial charge in [0.25, 0.3) is 0 Å². The van der Waals surface area contributed by atoms with Crippen LogP contribution in [0.5, 0.6) is 0 Å². The van der Waals surface area contributed by atoms with Crippen molar-refractivity contribution in [2.24, 2.45) is 0 Å². The molecule has 1 heterocycles. The van der Waals surface area contributed by atoms with Crippen LogP contribution in [0, 0.1) is 0 Å². The summed E-state index contributed by atoms with van der Waals surface area (Å²) in [4.78, 5) is 2.27. The van der Waals surface area contributed by atoms with E-state index in [1.807, 2.05) is 0 Å². The standard InChI is InChI=1S/C14H23NO2S/c1-3-6-15(9-13-5-8-18-12-13)10-14(16)11-17-7-4-2/h4-5,8,12,14,16H,2-3,6-7,9-11H2,1H3/t14-/m1/s1. The zero-order valence-electron chi connectivity index (χ0n) is 11.0. The van der Waals surface area contributed by atoms with Gasteiger partial charge in [0.1, 0.15) is 0 Å². The van der Waals surface area contributed by atoms with Crippen molar-refractivity contribution in [3.05, 3.63) is 35.0 Å². The Bertz CT molecular complexity index is 314. The number of aliphatic hydroxyl groups excluding tert-OH is 1. The van der Waals surface area contributed by atoms with Gasteiger partial charge in [0.05, 0.1) is 19.3 Å². The van der Waals surface area contributed by atoms with Crippen LogP contribution in [0.3, 0.4) is 0 Å². The zero-order chi connectivity index (χ0) is 13.2. The quantitative estimate of drug-likeness (QED) is 0.523. The molecule has 0 unspecified atom stereocenters. The summed E-state index contributed by atoms with van der Waals surface area (Å²) < 4.78 is 5.27. The molecule has 0 aliphatic rings. The summed E-state index contributed by atoms with van der Waals surface area (Å²) in [5.41, 5.74) is 1.31. The second-order valence-electron chi connectivity index (χ2n) is 4.35. The number of rotatable bonds is 10. The van der Waals surface area contributed by atoms with E-state index in [4.69, 9.17) is 4.74 Å². The fourth-order valence-electron chi connectivity index (χ4n) is 1.83. The van der Waals surface area contributed by atoms with Crippen molar-refractivity contribution in [1.29, 1.82) is 0 Å².